The van der Waals surface area contributed by atoms with Crippen LogP contribution in [0.3, 0.4) is 0 Å². The molecule has 0 saturated heterocycles. The molecular weight excluding hydrogens is 663 g/mol. The molecule has 0 unspecified atom stereocenters. The summed E-state index contributed by atoms with van der Waals surface area (Å²) >= 11 is 0. The van der Waals surface area contributed by atoms with E-state index in [4.69, 9.17) is 9.97 Å². The van der Waals surface area contributed by atoms with E-state index in [0.29, 0.717) is 28.2 Å². The van der Waals surface area contributed by atoms with Crippen molar-refractivity contribution in [2.45, 2.75) is 72.1 Å². The molecule has 10 nitrogen and oxygen atoms in total. The second-order valence-corrected chi connectivity index (χ2v) is 11.5. The number of rotatable bonds is 8. The molecule has 0 amide bonds. The van der Waals surface area contributed by atoms with Gasteiger partial charge in [-0.25, -0.2) is 9.78 Å². The summed E-state index contributed by atoms with van der Waals surface area (Å²) in [7, 11) is 0. The zero-order chi connectivity index (χ0) is 32.0. The number of nitrogens with one attached hydrogen (secondary N) is 2. The van der Waals surface area contributed by atoms with Crippen molar-refractivity contribution in [2.75, 3.05) is 0 Å². The van der Waals surface area contributed by atoms with Crippen LogP contribution in [0, 0.1) is 13.8 Å². The SMILES string of the molecule is C=CC1=C(C)c2cc3nc(c(CC(=O)O)c4[nH]c(cc5[nH]c(cc1n2)c(C)c5CC)c(C)c4C(=O)O)[C@@H](CCC(=O)O)[C@@H]3C.[Cu].[H-].[K+]. The first-order chi connectivity index (χ1) is 20.9. The van der Waals surface area contributed by atoms with E-state index in [2.05, 4.69) is 16.5 Å². The van der Waals surface area contributed by atoms with Crippen molar-refractivity contribution in [1.29, 1.82) is 0 Å². The summed E-state index contributed by atoms with van der Waals surface area (Å²) in [4.78, 5) is 53.2. The molecule has 5 rings (SSSR count). The summed E-state index contributed by atoms with van der Waals surface area (Å²) in [6, 6.07) is 5.70. The summed E-state index contributed by atoms with van der Waals surface area (Å²) in [5.41, 5.74) is 9.27. The van der Waals surface area contributed by atoms with Gasteiger partial charge in [-0.15, -0.1) is 0 Å². The van der Waals surface area contributed by atoms with Crippen LogP contribution in [0.5, 0.6) is 0 Å². The Hall–Kier alpha value is -2.83. The number of allylic oxidation sites excluding steroid dienone is 3. The first-order valence-corrected chi connectivity index (χ1v) is 14.6. The Balaban J connectivity index is 0.00000256. The Morgan fingerprint density at radius 3 is 2.20 bits per heavy atom. The molecule has 8 bridgehead atoms. The number of H-pyrrole nitrogens is 2. The summed E-state index contributed by atoms with van der Waals surface area (Å²) in [5.74, 6) is -4.08. The molecule has 3 aromatic heterocycles. The molecule has 5 heterocycles. The van der Waals surface area contributed by atoms with Gasteiger partial charge in [-0.2, -0.15) is 0 Å². The zero-order valence-corrected chi connectivity index (χ0v) is 30.8. The van der Waals surface area contributed by atoms with Crippen LogP contribution < -0.4 is 51.4 Å². The summed E-state index contributed by atoms with van der Waals surface area (Å²) < 4.78 is 0. The van der Waals surface area contributed by atoms with Gasteiger partial charge >= 0.3 is 69.3 Å². The number of hydrogen-bond donors (Lipinski definition) is 5. The third kappa shape index (κ3) is 6.89. The van der Waals surface area contributed by atoms with E-state index in [-0.39, 0.29) is 105 Å². The Bertz CT molecular complexity index is 1970. The minimum absolute atomic E-state index is 0. The second kappa shape index (κ2) is 14.9. The van der Waals surface area contributed by atoms with Crippen LogP contribution >= 0.6 is 0 Å². The van der Waals surface area contributed by atoms with E-state index in [1.807, 2.05) is 45.9 Å². The Labute approximate surface area is 321 Å². The standard InChI is InChI=1S/C34H36N4O6.Cu.K.H/c1-7-19-15(3)23-12-25-17(5)21(9-10-29(39)40)32(37-25)22(11-30(41)42)33-31(34(43)44)18(6)26(38-33)14-28-20(8-2)16(4)24(36-28)13-27(19)35-23;;;/h7,12-14,17,21,36,38H,1,8-11H2,2-6H3,(H,39,40)(H,41,42)(H,43,44);;;/q;;+1;-1/t17-,21-;;;/m0.../s1. The number of fused-ring (bicyclic) bond motifs is 8. The van der Waals surface area contributed by atoms with Crippen LogP contribution in [0.15, 0.2) is 30.9 Å². The number of carboxylic acids is 3. The molecule has 0 aliphatic carbocycles. The Kier molecular flexibility index (Phi) is 12.2. The Morgan fingerprint density at radius 1 is 0.935 bits per heavy atom. The van der Waals surface area contributed by atoms with Gasteiger partial charge in [0, 0.05) is 68.7 Å². The van der Waals surface area contributed by atoms with Crippen LogP contribution in [0.1, 0.15) is 102 Å². The fourth-order valence-corrected chi connectivity index (χ4v) is 6.53. The average molecular weight is 700 g/mol. The third-order valence-electron chi connectivity index (χ3n) is 8.95. The molecule has 0 saturated carbocycles. The minimum atomic E-state index is -1.20. The fraction of sp³-hybridized carbons (Fsp3) is 0.324. The Morgan fingerprint density at radius 2 is 1.61 bits per heavy atom. The number of aryl methyl sites for hydroxylation is 3. The quantitative estimate of drug-likeness (QED) is 0.221. The molecule has 1 radical (unpaired) electrons. The van der Waals surface area contributed by atoms with Gasteiger partial charge in [0.15, 0.2) is 0 Å². The maximum absolute atomic E-state index is 12.7. The second-order valence-electron chi connectivity index (χ2n) is 11.5. The minimum Gasteiger partial charge on any atom is -1.00 e. The molecule has 5 N–H and O–H groups in total. The smallest absolute Gasteiger partial charge is 1.00 e. The maximum Gasteiger partial charge on any atom is 1.00 e. The summed E-state index contributed by atoms with van der Waals surface area (Å²) in [6.45, 7) is 13.7. The maximum atomic E-state index is 12.7. The van der Waals surface area contributed by atoms with Gasteiger partial charge in [0.1, 0.15) is 0 Å². The van der Waals surface area contributed by atoms with Crippen molar-refractivity contribution in [3.63, 3.8) is 0 Å². The van der Waals surface area contributed by atoms with E-state index < -0.39 is 30.2 Å². The first kappa shape index (κ1) is 37.6. The molecule has 241 valence electrons. The predicted octanol–water partition coefficient (Wildman–Crippen LogP) is 3.80. The first-order valence-electron chi connectivity index (χ1n) is 14.6. The van der Waals surface area contributed by atoms with Crippen molar-refractivity contribution in [3.8, 4) is 0 Å². The molecular formula is C34H37CuKN4O6. The van der Waals surface area contributed by atoms with Crippen LogP contribution in [-0.4, -0.2) is 53.2 Å². The average Bonchev–Trinajstić information content (AvgIpc) is 3.63. The van der Waals surface area contributed by atoms with Gasteiger partial charge in [0.25, 0.3) is 0 Å². The van der Waals surface area contributed by atoms with Crippen molar-refractivity contribution in [2.24, 2.45) is 0 Å². The van der Waals surface area contributed by atoms with Gasteiger partial charge < -0.3 is 26.7 Å². The van der Waals surface area contributed by atoms with Gasteiger partial charge in [-0.05, 0) is 74.1 Å². The number of aliphatic carboxylic acids is 2. The van der Waals surface area contributed by atoms with E-state index >= 15 is 0 Å². The number of carboxylic acid groups (broad SMARTS) is 3. The molecule has 3 aromatic rings. The van der Waals surface area contributed by atoms with Crippen molar-refractivity contribution < 1.29 is 99.6 Å². The number of hydrogen-bond acceptors (Lipinski definition) is 5. The largest absolute Gasteiger partial charge is 1.00 e. The van der Waals surface area contributed by atoms with E-state index in [9.17, 15) is 29.7 Å². The number of carbonyl (C=O) groups is 3. The van der Waals surface area contributed by atoms with Gasteiger partial charge in [-0.3, -0.25) is 14.6 Å². The molecule has 2 aliphatic heterocycles. The number of aromatic amines is 2. The van der Waals surface area contributed by atoms with Gasteiger partial charge in [-0.1, -0.05) is 26.5 Å². The van der Waals surface area contributed by atoms with Crippen LogP contribution in [0.4, 0.5) is 0 Å². The third-order valence-corrected chi connectivity index (χ3v) is 8.95. The summed E-state index contributed by atoms with van der Waals surface area (Å²) in [6.07, 6.45) is 2.04. The van der Waals surface area contributed by atoms with E-state index in [1.165, 1.54) is 0 Å². The monoisotopic (exact) mass is 699 g/mol. The number of nitrogens with zero attached hydrogens (tertiary/aromatic N) is 2. The number of aromatic nitrogens is 4. The van der Waals surface area contributed by atoms with Crippen molar-refractivity contribution in [3.05, 3.63) is 81.4 Å². The summed E-state index contributed by atoms with van der Waals surface area (Å²) in [5, 5.41) is 29.9. The molecule has 12 heteroatoms. The van der Waals surface area contributed by atoms with Gasteiger partial charge in [0.05, 0.1) is 34.6 Å². The van der Waals surface area contributed by atoms with E-state index in [0.717, 1.165) is 45.4 Å². The van der Waals surface area contributed by atoms with Gasteiger partial charge in [0.2, 0.25) is 0 Å². The normalized spacial score (nSPS) is 15.6. The molecule has 2 atom stereocenters. The molecule has 2 aliphatic rings. The molecule has 0 spiro atoms. The molecule has 46 heavy (non-hydrogen) atoms. The topological polar surface area (TPSA) is 169 Å². The van der Waals surface area contributed by atoms with E-state index in [1.54, 1.807) is 13.0 Å². The number of aromatic carboxylic acids is 1. The van der Waals surface area contributed by atoms with Crippen LogP contribution in [0.25, 0.3) is 33.2 Å². The van der Waals surface area contributed by atoms with Crippen molar-refractivity contribution in [1.82, 2.24) is 19.9 Å². The van der Waals surface area contributed by atoms with Crippen LogP contribution in [-0.2, 0) is 39.5 Å². The van der Waals surface area contributed by atoms with Crippen LogP contribution in [0.2, 0.25) is 0 Å². The zero-order valence-electron chi connectivity index (χ0n) is 27.8. The predicted molar refractivity (Wildman–Crippen MR) is 170 cm³/mol. The molecule has 0 aromatic carbocycles. The fourth-order valence-electron chi connectivity index (χ4n) is 6.53. The molecule has 0 fully saturated rings. The van der Waals surface area contributed by atoms with Crippen molar-refractivity contribution >= 4 is 51.1 Å².